The van der Waals surface area contributed by atoms with Crippen LogP contribution in [0.4, 0.5) is 22.0 Å². The molecule has 7 atom stereocenters. The topological polar surface area (TPSA) is 40.6 Å². The minimum Gasteiger partial charge on any atom is -0.342 e. The lowest BCUT2D eigenvalue weighted by atomic mass is 9.47. The van der Waals surface area contributed by atoms with E-state index in [9.17, 15) is 22.8 Å². The van der Waals surface area contributed by atoms with E-state index in [0.29, 0.717) is 31.1 Å². The maximum absolute atomic E-state index is 15.0. The zero-order valence-corrected chi connectivity index (χ0v) is 27.5. The monoisotopic (exact) mass is 638 g/mol. The first-order valence-electron chi connectivity index (χ1n) is 17.5. The van der Waals surface area contributed by atoms with Crippen molar-refractivity contribution in [3.05, 3.63) is 34.6 Å². The number of rotatable bonds is 11. The number of carbonyl (C=O) groups excluding carboxylic acids is 2. The third kappa shape index (κ3) is 5.92. The minimum atomic E-state index is -2.25. The Bertz CT molecular complexity index is 1250. The number of hydrogen-bond donors (Lipinski definition) is 0. The molecule has 0 aromatic heterocycles. The summed E-state index contributed by atoms with van der Waals surface area (Å²) < 4.78 is 72.5. The molecule has 0 unspecified atom stereocenters. The van der Waals surface area contributed by atoms with Crippen molar-refractivity contribution in [1.29, 1.82) is 0 Å². The second-order valence-corrected chi connectivity index (χ2v) is 15.0. The Hall–Kier alpha value is -2.19. The van der Waals surface area contributed by atoms with Gasteiger partial charge in [0, 0.05) is 32.1 Å². The van der Waals surface area contributed by atoms with Gasteiger partial charge in [0.1, 0.15) is 5.56 Å². The molecule has 3 saturated carbocycles. The Morgan fingerprint density at radius 1 is 0.756 bits per heavy atom. The molecule has 4 aliphatic rings. The molecule has 252 valence electrons. The van der Waals surface area contributed by atoms with Gasteiger partial charge in [0.05, 0.1) is 0 Å². The number of piperidine rings is 1. The average molecular weight is 639 g/mol. The van der Waals surface area contributed by atoms with Crippen LogP contribution in [0.5, 0.6) is 0 Å². The first-order chi connectivity index (χ1) is 21.4. The number of likely N-dealkylation sites (tertiary alicyclic amines) is 1. The van der Waals surface area contributed by atoms with Crippen LogP contribution in [0.1, 0.15) is 134 Å². The highest BCUT2D eigenvalue weighted by Crippen LogP contribution is 2.65. The van der Waals surface area contributed by atoms with Gasteiger partial charge < -0.3 is 9.80 Å². The Labute approximate surface area is 265 Å². The molecule has 0 N–H and O–H groups in total. The molecule has 1 aliphatic heterocycles. The molecule has 0 spiro atoms. The molecule has 9 heteroatoms. The average Bonchev–Trinajstić information content (AvgIpc) is 3.37. The molecule has 1 heterocycles. The molecule has 0 bridgehead atoms. The van der Waals surface area contributed by atoms with Crippen molar-refractivity contribution >= 4 is 11.8 Å². The summed E-state index contributed by atoms with van der Waals surface area (Å²) in [6.07, 6.45) is 14.8. The molecule has 4 nitrogen and oxygen atoms in total. The smallest absolute Gasteiger partial charge is 0.260 e. The summed E-state index contributed by atoms with van der Waals surface area (Å²) in [5, 5.41) is 0. The zero-order valence-electron chi connectivity index (χ0n) is 27.5. The van der Waals surface area contributed by atoms with E-state index in [1.165, 1.54) is 17.7 Å². The Morgan fingerprint density at radius 2 is 1.33 bits per heavy atom. The van der Waals surface area contributed by atoms with Gasteiger partial charge in [0.25, 0.3) is 5.91 Å². The largest absolute Gasteiger partial charge is 0.342 e. The first kappa shape index (κ1) is 34.2. The van der Waals surface area contributed by atoms with Gasteiger partial charge >= 0.3 is 0 Å². The summed E-state index contributed by atoms with van der Waals surface area (Å²) in [6.45, 7) is 6.91. The third-order valence-corrected chi connectivity index (χ3v) is 12.8. The lowest BCUT2D eigenvalue weighted by Crippen LogP contribution is -2.62. The molecule has 4 fully saturated rings. The van der Waals surface area contributed by atoms with Crippen LogP contribution in [-0.2, 0) is 4.79 Å². The van der Waals surface area contributed by atoms with Crippen molar-refractivity contribution in [3.8, 4) is 0 Å². The predicted molar refractivity (Wildman–Crippen MR) is 164 cm³/mol. The number of carbonyl (C=O) groups is 2. The van der Waals surface area contributed by atoms with Gasteiger partial charge in [-0.3, -0.25) is 9.59 Å². The summed E-state index contributed by atoms with van der Waals surface area (Å²) in [7, 11) is 1.93. The number of hydrogen-bond acceptors (Lipinski definition) is 2. The van der Waals surface area contributed by atoms with Crippen LogP contribution in [0.3, 0.4) is 0 Å². The van der Waals surface area contributed by atoms with Crippen molar-refractivity contribution in [2.75, 3.05) is 13.6 Å². The molecule has 5 rings (SSSR count). The normalized spacial score (nSPS) is 32.7. The number of unbranched alkanes of at least 4 members (excludes halogenated alkanes) is 7. The molecule has 0 radical (unpaired) electrons. The maximum atomic E-state index is 15.0. The second kappa shape index (κ2) is 13.5. The first-order valence-corrected chi connectivity index (χ1v) is 17.5. The number of fused-ring (bicyclic) bond motifs is 5. The highest BCUT2D eigenvalue weighted by molar-refractivity contribution is 5.95. The highest BCUT2D eigenvalue weighted by Gasteiger charge is 2.62. The van der Waals surface area contributed by atoms with Gasteiger partial charge in [-0.2, -0.15) is 0 Å². The van der Waals surface area contributed by atoms with Gasteiger partial charge in [-0.25, -0.2) is 22.0 Å². The van der Waals surface area contributed by atoms with Crippen LogP contribution >= 0.6 is 0 Å². The predicted octanol–water partition coefficient (Wildman–Crippen LogP) is 9.20. The van der Waals surface area contributed by atoms with Crippen LogP contribution < -0.4 is 0 Å². The fourth-order valence-electron chi connectivity index (χ4n) is 10.4. The van der Waals surface area contributed by atoms with Crippen LogP contribution in [0, 0.1) is 57.7 Å². The lowest BCUT2D eigenvalue weighted by Gasteiger charge is -2.62. The van der Waals surface area contributed by atoms with Gasteiger partial charge in [-0.05, 0) is 80.0 Å². The summed E-state index contributed by atoms with van der Waals surface area (Å²) in [6, 6.07) is -0.132. The van der Waals surface area contributed by atoms with Crippen molar-refractivity contribution in [3.63, 3.8) is 0 Å². The van der Waals surface area contributed by atoms with Crippen molar-refractivity contribution in [2.24, 2.45) is 28.6 Å². The maximum Gasteiger partial charge on any atom is 0.260 e. The van der Waals surface area contributed by atoms with E-state index in [2.05, 4.69) is 20.8 Å². The van der Waals surface area contributed by atoms with E-state index in [-0.39, 0.29) is 41.3 Å². The van der Waals surface area contributed by atoms with Crippen LogP contribution in [0.15, 0.2) is 0 Å². The number of nitrogens with zero attached hydrogens (tertiary/aromatic N) is 2. The Balaban J connectivity index is 1.39. The van der Waals surface area contributed by atoms with Crippen LogP contribution in [0.2, 0.25) is 0 Å². The Kier molecular flexibility index (Phi) is 10.2. The molecule has 2 amide bonds. The fraction of sp³-hybridized carbons (Fsp3) is 0.778. The molecular formula is C36H51F5N2O2. The van der Waals surface area contributed by atoms with E-state index in [1.807, 2.05) is 11.9 Å². The zero-order chi connectivity index (χ0) is 32.7. The standard InChI is InChI=1S/C36H51F5N2O2/c1-5-6-7-8-9-10-11-12-21-43(34(45)28-29(37)31(39)33(41)32(40)30(28)38)26-16-14-23-22-13-15-25-35(2,20-18-27(44)42(25)4)24(22)17-19-36(23,26)3/h22-26H,5-21H2,1-4H3/t22-,23-,24-,25+,26-,35+,36-/m0/s1. The summed E-state index contributed by atoms with van der Waals surface area (Å²) in [5.74, 6) is -10.3. The third-order valence-electron chi connectivity index (χ3n) is 12.8. The van der Waals surface area contributed by atoms with Crippen LogP contribution in [-0.4, -0.2) is 47.3 Å². The van der Waals surface area contributed by atoms with Crippen LogP contribution in [0.25, 0.3) is 0 Å². The van der Waals surface area contributed by atoms with Crippen molar-refractivity contribution in [1.82, 2.24) is 9.80 Å². The van der Waals surface area contributed by atoms with Gasteiger partial charge in [0.15, 0.2) is 23.3 Å². The van der Waals surface area contributed by atoms with Crippen molar-refractivity contribution in [2.45, 2.75) is 136 Å². The van der Waals surface area contributed by atoms with Gasteiger partial charge in [-0.1, -0.05) is 65.7 Å². The van der Waals surface area contributed by atoms with E-state index < -0.39 is 40.6 Å². The van der Waals surface area contributed by atoms with Gasteiger partial charge in [0.2, 0.25) is 11.7 Å². The molecule has 1 saturated heterocycles. The van der Waals surface area contributed by atoms with Gasteiger partial charge in [-0.15, -0.1) is 0 Å². The molecule has 3 aliphatic carbocycles. The molecule has 45 heavy (non-hydrogen) atoms. The Morgan fingerprint density at radius 3 is 1.98 bits per heavy atom. The number of benzene rings is 1. The van der Waals surface area contributed by atoms with E-state index in [4.69, 9.17) is 0 Å². The fourth-order valence-corrected chi connectivity index (χ4v) is 10.4. The molecule has 1 aromatic carbocycles. The molecular weight excluding hydrogens is 587 g/mol. The van der Waals surface area contributed by atoms with E-state index in [0.717, 1.165) is 70.6 Å². The SMILES string of the molecule is CCCCCCCCCCN(C(=O)c1c(F)c(F)c(F)c(F)c1F)[C@H]1CC[C@H]2[C@@H]3CC[C@H]4N(C)C(=O)CC[C@]4(C)[C@H]3CC[C@]12C. The lowest BCUT2D eigenvalue weighted by molar-refractivity contribution is -0.158. The van der Waals surface area contributed by atoms with Crippen molar-refractivity contribution < 1.29 is 31.5 Å². The number of amides is 2. The summed E-state index contributed by atoms with van der Waals surface area (Å²) in [4.78, 5) is 30.0. The van der Waals surface area contributed by atoms with E-state index in [1.54, 1.807) is 0 Å². The summed E-state index contributed by atoms with van der Waals surface area (Å²) in [5.41, 5.74) is -1.65. The second-order valence-electron chi connectivity index (χ2n) is 15.0. The highest BCUT2D eigenvalue weighted by atomic mass is 19.2. The van der Waals surface area contributed by atoms with E-state index >= 15 is 8.78 Å². The summed E-state index contributed by atoms with van der Waals surface area (Å²) >= 11 is 0. The number of halogens is 5. The molecule has 1 aromatic rings. The quantitative estimate of drug-likeness (QED) is 0.105. The minimum absolute atomic E-state index is 0.0209.